The molecule has 3 heterocycles. The number of oxazole rings is 1. The molecule has 1 aromatic heterocycles. The molecule has 0 bridgehead atoms. The van der Waals surface area contributed by atoms with Crippen LogP contribution in [0.1, 0.15) is 18.4 Å². The van der Waals surface area contributed by atoms with Gasteiger partial charge in [-0.05, 0) is 26.0 Å². The molecule has 30 heavy (non-hydrogen) atoms. The van der Waals surface area contributed by atoms with Crippen LogP contribution in [0.4, 0.5) is 0 Å². The summed E-state index contributed by atoms with van der Waals surface area (Å²) in [5.74, 6) is -0.362. The maximum atomic E-state index is 12.8. The summed E-state index contributed by atoms with van der Waals surface area (Å²) >= 11 is 0. The van der Waals surface area contributed by atoms with E-state index in [0.717, 1.165) is 17.0 Å². The summed E-state index contributed by atoms with van der Waals surface area (Å²) in [4.78, 5) is 19.0. The average molecular weight is 435 g/mol. The molecule has 8 nitrogen and oxygen atoms in total. The first-order valence-corrected chi connectivity index (χ1v) is 11.9. The predicted molar refractivity (Wildman–Crippen MR) is 109 cm³/mol. The highest BCUT2D eigenvalue weighted by Crippen LogP contribution is 2.28. The van der Waals surface area contributed by atoms with Crippen molar-refractivity contribution in [2.75, 3.05) is 37.8 Å². The van der Waals surface area contributed by atoms with Gasteiger partial charge in [-0.15, -0.1) is 0 Å². The van der Waals surface area contributed by atoms with Crippen LogP contribution in [0.3, 0.4) is 0 Å². The highest BCUT2D eigenvalue weighted by molar-refractivity contribution is 7.91. The van der Waals surface area contributed by atoms with Crippen molar-refractivity contribution in [2.45, 2.75) is 26.1 Å². The Balaban J connectivity index is 1.36. The van der Waals surface area contributed by atoms with E-state index in [1.54, 1.807) is 6.92 Å². The third-order valence-electron chi connectivity index (χ3n) is 5.60. The Kier molecular flexibility index (Phi) is 5.69. The van der Waals surface area contributed by atoms with Gasteiger partial charge in [-0.3, -0.25) is 4.79 Å². The lowest BCUT2D eigenvalue weighted by molar-refractivity contribution is -0.265. The Morgan fingerprint density at radius 3 is 2.43 bits per heavy atom. The van der Waals surface area contributed by atoms with Gasteiger partial charge in [0.15, 0.2) is 9.84 Å². The molecule has 0 unspecified atom stereocenters. The topological polar surface area (TPSA) is 98.9 Å². The van der Waals surface area contributed by atoms with Gasteiger partial charge in [-0.25, -0.2) is 13.4 Å². The summed E-state index contributed by atoms with van der Waals surface area (Å²) in [6.07, 6.45) is 0.619. The van der Waals surface area contributed by atoms with Crippen LogP contribution >= 0.6 is 0 Å². The van der Waals surface area contributed by atoms with Crippen LogP contribution in [0, 0.1) is 12.8 Å². The molecule has 2 aliphatic heterocycles. The van der Waals surface area contributed by atoms with E-state index >= 15 is 0 Å². The number of hydrogen-bond acceptors (Lipinski definition) is 7. The maximum Gasteiger partial charge on any atom is 0.282 e. The van der Waals surface area contributed by atoms with E-state index in [1.165, 1.54) is 4.90 Å². The summed E-state index contributed by atoms with van der Waals surface area (Å²) in [6.45, 7) is 4.53. The number of aromatic nitrogens is 1. The molecule has 0 atom stereocenters. The van der Waals surface area contributed by atoms with Crippen molar-refractivity contribution >= 4 is 15.7 Å². The van der Waals surface area contributed by atoms with Crippen molar-refractivity contribution in [1.29, 1.82) is 0 Å². The lowest BCUT2D eigenvalue weighted by Crippen LogP contribution is -2.57. The van der Waals surface area contributed by atoms with Crippen molar-refractivity contribution in [3.63, 3.8) is 0 Å². The van der Waals surface area contributed by atoms with Gasteiger partial charge in [0.2, 0.25) is 11.7 Å². The number of amides is 1. The van der Waals surface area contributed by atoms with Crippen LogP contribution < -0.4 is 0 Å². The van der Waals surface area contributed by atoms with Crippen LogP contribution in [0.5, 0.6) is 0 Å². The second-order valence-corrected chi connectivity index (χ2v) is 10.3. The van der Waals surface area contributed by atoms with Gasteiger partial charge in [0.05, 0.1) is 30.4 Å². The standard InChI is InChI=1S/C21H26N2O6S/c1-15-18(22-19(29-15)17-6-4-3-5-7-17)12-16-13-27-21(2,28-14-16)20(24)23-8-10-30(25,26)11-9-23/h3-7,16H,8-14H2,1-2H3. The van der Waals surface area contributed by atoms with E-state index in [4.69, 9.17) is 13.9 Å². The molecule has 1 aromatic carbocycles. The summed E-state index contributed by atoms with van der Waals surface area (Å²) in [5.41, 5.74) is 1.77. The van der Waals surface area contributed by atoms with Crippen LogP contribution in [0.25, 0.3) is 11.5 Å². The van der Waals surface area contributed by atoms with Crippen LogP contribution in [-0.2, 0) is 30.5 Å². The molecule has 2 aromatic rings. The zero-order chi connectivity index (χ0) is 21.4. The van der Waals surface area contributed by atoms with Gasteiger partial charge in [0, 0.05) is 31.0 Å². The SMILES string of the molecule is Cc1oc(-c2ccccc2)nc1CC1COC(C)(C(=O)N2CCS(=O)(=O)CC2)OC1. The molecule has 2 fully saturated rings. The molecule has 162 valence electrons. The fourth-order valence-corrected chi connectivity index (χ4v) is 4.88. The van der Waals surface area contributed by atoms with Gasteiger partial charge < -0.3 is 18.8 Å². The number of nitrogens with zero attached hydrogens (tertiary/aromatic N) is 2. The zero-order valence-electron chi connectivity index (χ0n) is 17.2. The molecule has 2 saturated heterocycles. The Labute approximate surface area is 176 Å². The monoisotopic (exact) mass is 434 g/mol. The van der Waals surface area contributed by atoms with E-state index in [9.17, 15) is 13.2 Å². The maximum absolute atomic E-state index is 12.8. The third kappa shape index (κ3) is 4.43. The second kappa shape index (κ2) is 8.13. The first-order chi connectivity index (χ1) is 14.3. The molecule has 2 aliphatic rings. The van der Waals surface area contributed by atoms with Crippen molar-refractivity contribution in [2.24, 2.45) is 5.92 Å². The Morgan fingerprint density at radius 2 is 1.80 bits per heavy atom. The fraction of sp³-hybridized carbons (Fsp3) is 0.524. The minimum absolute atomic E-state index is 0.0212. The van der Waals surface area contributed by atoms with Gasteiger partial charge in [-0.2, -0.15) is 0 Å². The first kappa shape index (κ1) is 21.0. The minimum atomic E-state index is -3.06. The van der Waals surface area contributed by atoms with Crippen LogP contribution in [-0.4, -0.2) is 67.8 Å². The lowest BCUT2D eigenvalue weighted by Gasteiger charge is -2.40. The number of ether oxygens (including phenoxy) is 2. The van der Waals surface area contributed by atoms with Gasteiger partial charge in [0.25, 0.3) is 5.91 Å². The Bertz CT molecular complexity index is 995. The smallest absolute Gasteiger partial charge is 0.282 e. The van der Waals surface area contributed by atoms with Crippen LogP contribution in [0.15, 0.2) is 34.7 Å². The van der Waals surface area contributed by atoms with Gasteiger partial charge in [-0.1, -0.05) is 18.2 Å². The van der Waals surface area contributed by atoms with Crippen molar-refractivity contribution in [3.8, 4) is 11.5 Å². The summed E-state index contributed by atoms with van der Waals surface area (Å²) in [5, 5.41) is 0. The number of benzene rings is 1. The highest BCUT2D eigenvalue weighted by atomic mass is 32.2. The number of rotatable bonds is 4. The Hall–Kier alpha value is -2.23. The molecule has 0 N–H and O–H groups in total. The molecule has 4 rings (SSSR count). The molecular weight excluding hydrogens is 408 g/mol. The number of hydrogen-bond donors (Lipinski definition) is 0. The average Bonchev–Trinajstić information content (AvgIpc) is 3.10. The minimum Gasteiger partial charge on any atom is -0.441 e. The fourth-order valence-electron chi connectivity index (χ4n) is 3.68. The highest BCUT2D eigenvalue weighted by Gasteiger charge is 2.44. The van der Waals surface area contributed by atoms with Gasteiger partial charge >= 0.3 is 0 Å². The number of sulfone groups is 1. The molecule has 0 spiro atoms. The molecular formula is C21H26N2O6S. The molecule has 0 saturated carbocycles. The van der Waals surface area contributed by atoms with Crippen LogP contribution in [0.2, 0.25) is 0 Å². The van der Waals surface area contributed by atoms with E-state index in [-0.39, 0.29) is 36.4 Å². The molecule has 1 amide bonds. The summed E-state index contributed by atoms with van der Waals surface area (Å²) < 4.78 is 40.7. The first-order valence-electron chi connectivity index (χ1n) is 10.1. The largest absolute Gasteiger partial charge is 0.441 e. The van der Waals surface area contributed by atoms with Gasteiger partial charge in [0.1, 0.15) is 5.76 Å². The third-order valence-corrected chi connectivity index (χ3v) is 7.21. The quantitative estimate of drug-likeness (QED) is 0.724. The second-order valence-electron chi connectivity index (χ2n) is 7.97. The van der Waals surface area contributed by atoms with E-state index < -0.39 is 15.6 Å². The normalized spacial score (nSPS) is 26.5. The summed E-state index contributed by atoms with van der Waals surface area (Å²) in [6, 6.07) is 9.72. The molecule has 0 radical (unpaired) electrons. The van der Waals surface area contributed by atoms with E-state index in [2.05, 4.69) is 4.98 Å². The zero-order valence-corrected chi connectivity index (χ0v) is 18.0. The predicted octanol–water partition coefficient (Wildman–Crippen LogP) is 1.83. The van der Waals surface area contributed by atoms with Crippen molar-refractivity contribution < 1.29 is 27.1 Å². The lowest BCUT2D eigenvalue weighted by atomic mass is 10.0. The Morgan fingerprint density at radius 1 is 1.17 bits per heavy atom. The van der Waals surface area contributed by atoms with E-state index in [0.29, 0.717) is 25.5 Å². The van der Waals surface area contributed by atoms with Crippen molar-refractivity contribution in [3.05, 3.63) is 41.8 Å². The molecule has 9 heteroatoms. The number of carbonyl (C=O) groups is 1. The number of aryl methyl sites for hydroxylation is 1. The molecule has 0 aliphatic carbocycles. The summed E-state index contributed by atoms with van der Waals surface area (Å²) in [7, 11) is -3.06. The van der Waals surface area contributed by atoms with E-state index in [1.807, 2.05) is 37.3 Å². The van der Waals surface area contributed by atoms with Crippen molar-refractivity contribution in [1.82, 2.24) is 9.88 Å². The number of carbonyl (C=O) groups excluding carboxylic acids is 1.